The molecule has 0 spiro atoms. The molecule has 0 radical (unpaired) electrons. The standard InChI is InChI=1S/C22H19N3O4/c26-22-19-12-16-4-1-2-5-17(16)14-23(19)21(20-6-3-11-29-20)24(22)13-15-7-9-18(10-8-15)25(27)28/h1-11,19,21H,12-14H2. The van der Waals surface area contributed by atoms with Crippen LogP contribution in [0.15, 0.2) is 71.3 Å². The van der Waals surface area contributed by atoms with Gasteiger partial charge in [-0.1, -0.05) is 36.4 Å². The predicted octanol–water partition coefficient (Wildman–Crippen LogP) is 3.66. The molecule has 0 bridgehead atoms. The van der Waals surface area contributed by atoms with Gasteiger partial charge in [-0.3, -0.25) is 19.8 Å². The van der Waals surface area contributed by atoms with Gasteiger partial charge in [0.25, 0.3) is 5.69 Å². The van der Waals surface area contributed by atoms with Crippen LogP contribution in [0.3, 0.4) is 0 Å². The molecule has 7 nitrogen and oxygen atoms in total. The largest absolute Gasteiger partial charge is 0.466 e. The van der Waals surface area contributed by atoms with E-state index in [2.05, 4.69) is 17.0 Å². The Kier molecular flexibility index (Phi) is 4.17. The van der Waals surface area contributed by atoms with Crippen LogP contribution < -0.4 is 0 Å². The molecular weight excluding hydrogens is 370 g/mol. The maximum absolute atomic E-state index is 13.4. The van der Waals surface area contributed by atoms with E-state index in [0.717, 1.165) is 11.3 Å². The first-order valence-electron chi connectivity index (χ1n) is 9.51. The minimum atomic E-state index is -0.423. The van der Waals surface area contributed by atoms with Crippen LogP contribution in [0, 0.1) is 10.1 Å². The fourth-order valence-corrected chi connectivity index (χ4v) is 4.36. The monoisotopic (exact) mass is 389 g/mol. The second-order valence-corrected chi connectivity index (χ2v) is 7.44. The number of furan rings is 1. The van der Waals surface area contributed by atoms with Gasteiger partial charge >= 0.3 is 0 Å². The highest BCUT2D eigenvalue weighted by atomic mass is 16.6. The van der Waals surface area contributed by atoms with Crippen LogP contribution in [0.5, 0.6) is 0 Å². The Morgan fingerprint density at radius 1 is 1.03 bits per heavy atom. The summed E-state index contributed by atoms with van der Waals surface area (Å²) in [6, 6.07) is 18.1. The molecule has 2 aliphatic rings. The summed E-state index contributed by atoms with van der Waals surface area (Å²) in [6.07, 6.45) is 1.99. The van der Waals surface area contributed by atoms with Crippen LogP contribution in [0.4, 0.5) is 5.69 Å². The van der Waals surface area contributed by atoms with Gasteiger partial charge in [0.2, 0.25) is 5.91 Å². The van der Waals surface area contributed by atoms with Crippen molar-refractivity contribution >= 4 is 11.6 Å². The average molecular weight is 389 g/mol. The zero-order valence-electron chi connectivity index (χ0n) is 15.6. The van der Waals surface area contributed by atoms with E-state index in [-0.39, 0.29) is 23.8 Å². The van der Waals surface area contributed by atoms with E-state index in [1.165, 1.54) is 23.3 Å². The van der Waals surface area contributed by atoms with Gasteiger partial charge in [-0.2, -0.15) is 0 Å². The first-order valence-corrected chi connectivity index (χ1v) is 9.51. The van der Waals surface area contributed by atoms with Gasteiger partial charge in [0.15, 0.2) is 0 Å². The summed E-state index contributed by atoms with van der Waals surface area (Å²) in [5, 5.41) is 10.9. The number of non-ortho nitro benzene ring substituents is 1. The first kappa shape index (κ1) is 17.6. The van der Waals surface area contributed by atoms with Crippen molar-refractivity contribution < 1.29 is 14.1 Å². The molecule has 3 aromatic rings. The van der Waals surface area contributed by atoms with Gasteiger partial charge in [-0.05, 0) is 35.2 Å². The molecule has 1 saturated heterocycles. The smallest absolute Gasteiger partial charge is 0.269 e. The number of hydrogen-bond donors (Lipinski definition) is 0. The van der Waals surface area contributed by atoms with E-state index < -0.39 is 4.92 Å². The summed E-state index contributed by atoms with van der Waals surface area (Å²) < 4.78 is 5.70. The van der Waals surface area contributed by atoms with E-state index in [0.29, 0.717) is 19.5 Å². The van der Waals surface area contributed by atoms with Crippen LogP contribution in [0.1, 0.15) is 28.6 Å². The fourth-order valence-electron chi connectivity index (χ4n) is 4.36. The van der Waals surface area contributed by atoms with Gasteiger partial charge in [0.1, 0.15) is 11.9 Å². The van der Waals surface area contributed by atoms with Gasteiger partial charge in [-0.15, -0.1) is 0 Å². The maximum atomic E-state index is 13.4. The van der Waals surface area contributed by atoms with Crippen molar-refractivity contribution in [1.29, 1.82) is 0 Å². The molecule has 29 heavy (non-hydrogen) atoms. The van der Waals surface area contributed by atoms with Crippen LogP contribution in [0.2, 0.25) is 0 Å². The molecule has 0 N–H and O–H groups in total. The van der Waals surface area contributed by atoms with Crippen LogP contribution >= 0.6 is 0 Å². The molecule has 2 unspecified atom stereocenters. The Morgan fingerprint density at radius 2 is 1.79 bits per heavy atom. The molecule has 146 valence electrons. The average Bonchev–Trinajstić information content (AvgIpc) is 3.34. The molecule has 2 atom stereocenters. The lowest BCUT2D eigenvalue weighted by atomic mass is 9.94. The Morgan fingerprint density at radius 3 is 2.48 bits per heavy atom. The lowest BCUT2D eigenvalue weighted by Crippen LogP contribution is -2.39. The fraction of sp³-hybridized carbons (Fsp3) is 0.227. The number of amides is 1. The number of rotatable bonds is 4. The summed E-state index contributed by atoms with van der Waals surface area (Å²) in [7, 11) is 0. The topological polar surface area (TPSA) is 79.8 Å². The molecule has 0 saturated carbocycles. The third-order valence-electron chi connectivity index (χ3n) is 5.76. The van der Waals surface area contributed by atoms with Gasteiger partial charge in [-0.25, -0.2) is 0 Å². The van der Waals surface area contributed by atoms with Crippen molar-refractivity contribution in [3.63, 3.8) is 0 Å². The van der Waals surface area contributed by atoms with E-state index >= 15 is 0 Å². The number of hydrogen-bond acceptors (Lipinski definition) is 5. The number of fused-ring (bicyclic) bond motifs is 2. The SMILES string of the molecule is O=C1C2Cc3ccccc3CN2C(c2ccco2)N1Cc1ccc([N+](=O)[O-])cc1. The molecule has 1 aromatic heterocycles. The van der Waals surface area contributed by atoms with E-state index in [1.54, 1.807) is 18.4 Å². The molecule has 1 fully saturated rings. The van der Waals surface area contributed by atoms with Crippen molar-refractivity contribution in [2.75, 3.05) is 0 Å². The molecule has 1 amide bonds. The van der Waals surface area contributed by atoms with Crippen molar-refractivity contribution in [1.82, 2.24) is 9.80 Å². The highest BCUT2D eigenvalue weighted by Gasteiger charge is 2.49. The highest BCUT2D eigenvalue weighted by molar-refractivity contribution is 5.85. The number of benzene rings is 2. The third kappa shape index (κ3) is 3.00. The van der Waals surface area contributed by atoms with E-state index in [4.69, 9.17) is 4.42 Å². The van der Waals surface area contributed by atoms with E-state index in [9.17, 15) is 14.9 Å². The number of carbonyl (C=O) groups is 1. The van der Waals surface area contributed by atoms with Crippen molar-refractivity contribution in [2.45, 2.75) is 31.7 Å². The number of nitro groups is 1. The first-order chi connectivity index (χ1) is 14.1. The van der Waals surface area contributed by atoms with Gasteiger partial charge in [0, 0.05) is 25.2 Å². The quantitative estimate of drug-likeness (QED) is 0.503. The Hall–Kier alpha value is -3.45. The third-order valence-corrected chi connectivity index (χ3v) is 5.76. The van der Waals surface area contributed by atoms with Crippen molar-refractivity contribution in [3.8, 4) is 0 Å². The van der Waals surface area contributed by atoms with Gasteiger partial charge < -0.3 is 9.32 Å². The Balaban J connectivity index is 1.49. The Labute approximate surface area is 167 Å². The van der Waals surface area contributed by atoms with Gasteiger partial charge in [0.05, 0.1) is 17.2 Å². The highest BCUT2D eigenvalue weighted by Crippen LogP contribution is 2.41. The molecule has 2 aromatic carbocycles. The summed E-state index contributed by atoms with van der Waals surface area (Å²) >= 11 is 0. The molecule has 7 heteroatoms. The van der Waals surface area contributed by atoms with Crippen LogP contribution in [0.25, 0.3) is 0 Å². The lowest BCUT2D eigenvalue weighted by molar-refractivity contribution is -0.384. The summed E-state index contributed by atoms with van der Waals surface area (Å²) in [6.45, 7) is 1.04. The molecular formula is C22H19N3O4. The van der Waals surface area contributed by atoms with Crippen LogP contribution in [-0.2, 0) is 24.3 Å². The predicted molar refractivity (Wildman–Crippen MR) is 105 cm³/mol. The maximum Gasteiger partial charge on any atom is 0.269 e. The minimum absolute atomic E-state index is 0.0388. The molecule has 3 heterocycles. The van der Waals surface area contributed by atoms with Crippen molar-refractivity contribution in [2.24, 2.45) is 0 Å². The van der Waals surface area contributed by atoms with Crippen LogP contribution in [-0.4, -0.2) is 26.7 Å². The molecule has 2 aliphatic heterocycles. The number of nitro benzene ring substituents is 1. The second-order valence-electron chi connectivity index (χ2n) is 7.44. The zero-order chi connectivity index (χ0) is 20.0. The summed E-state index contributed by atoms with van der Waals surface area (Å²) in [4.78, 5) is 27.9. The Bertz CT molecular complexity index is 1060. The lowest BCUT2D eigenvalue weighted by Gasteiger charge is -2.33. The van der Waals surface area contributed by atoms with E-state index in [1.807, 2.05) is 29.2 Å². The zero-order valence-corrected chi connectivity index (χ0v) is 15.6. The molecule has 0 aliphatic carbocycles. The molecule has 5 rings (SSSR count). The summed E-state index contributed by atoms with van der Waals surface area (Å²) in [5.74, 6) is 0.779. The number of nitrogens with zero attached hydrogens (tertiary/aromatic N) is 3. The van der Waals surface area contributed by atoms with Crippen molar-refractivity contribution in [3.05, 3.63) is 99.5 Å². The second kappa shape index (κ2) is 6.86. The minimum Gasteiger partial charge on any atom is -0.466 e. The normalized spacial score (nSPS) is 21.1. The number of carbonyl (C=O) groups excluding carboxylic acids is 1. The summed E-state index contributed by atoms with van der Waals surface area (Å²) in [5.41, 5.74) is 3.32.